The van der Waals surface area contributed by atoms with Gasteiger partial charge in [0.05, 0.1) is 4.90 Å². The normalized spacial score (nSPS) is 21.2. The fourth-order valence-electron chi connectivity index (χ4n) is 2.42. The molecule has 106 valence electrons. The van der Waals surface area contributed by atoms with Crippen LogP contribution in [-0.2, 0) is 15.4 Å². The van der Waals surface area contributed by atoms with Gasteiger partial charge in [-0.25, -0.2) is 8.42 Å². The van der Waals surface area contributed by atoms with Crippen molar-refractivity contribution in [3.8, 4) is 0 Å². The molecule has 5 heteroatoms. The van der Waals surface area contributed by atoms with Crippen molar-refractivity contribution in [2.75, 3.05) is 13.1 Å². The van der Waals surface area contributed by atoms with Crippen LogP contribution in [0.5, 0.6) is 0 Å². The number of rotatable bonds is 4. The lowest BCUT2D eigenvalue weighted by molar-refractivity contribution is 0.388. The van der Waals surface area contributed by atoms with Gasteiger partial charge in [-0.05, 0) is 36.0 Å². The standard InChI is InChI=1S/C14H20BrNO2S/c1-11(2)13-7-8-16(10-13)19(17,18)14-5-3-12(9-15)4-6-14/h3-6,11,13H,7-10H2,1-2H3. The van der Waals surface area contributed by atoms with E-state index in [0.29, 0.717) is 29.8 Å². The van der Waals surface area contributed by atoms with E-state index in [0.717, 1.165) is 17.3 Å². The highest BCUT2D eigenvalue weighted by Crippen LogP contribution is 2.28. The van der Waals surface area contributed by atoms with Crippen molar-refractivity contribution in [2.45, 2.75) is 30.5 Å². The molecule has 19 heavy (non-hydrogen) atoms. The van der Waals surface area contributed by atoms with E-state index in [9.17, 15) is 8.42 Å². The van der Waals surface area contributed by atoms with Crippen molar-refractivity contribution < 1.29 is 8.42 Å². The van der Waals surface area contributed by atoms with Gasteiger partial charge in [0.1, 0.15) is 0 Å². The van der Waals surface area contributed by atoms with Gasteiger partial charge in [-0.3, -0.25) is 0 Å². The average molecular weight is 346 g/mol. The number of sulfonamides is 1. The second kappa shape index (κ2) is 5.94. The van der Waals surface area contributed by atoms with Gasteiger partial charge in [0.25, 0.3) is 0 Å². The molecule has 3 nitrogen and oxygen atoms in total. The summed E-state index contributed by atoms with van der Waals surface area (Å²) in [6, 6.07) is 7.12. The van der Waals surface area contributed by atoms with Crippen LogP contribution in [0.25, 0.3) is 0 Å². The van der Waals surface area contributed by atoms with E-state index in [1.54, 1.807) is 16.4 Å². The average Bonchev–Trinajstić information content (AvgIpc) is 2.89. The lowest BCUT2D eigenvalue weighted by Crippen LogP contribution is -2.29. The van der Waals surface area contributed by atoms with Crippen molar-refractivity contribution in [3.63, 3.8) is 0 Å². The molecule has 1 fully saturated rings. The first-order valence-corrected chi connectivity index (χ1v) is 9.16. The first-order chi connectivity index (χ1) is 8.95. The van der Waals surface area contributed by atoms with E-state index in [-0.39, 0.29) is 0 Å². The Bertz CT molecular complexity index is 525. The molecule has 2 rings (SSSR count). The Balaban J connectivity index is 2.18. The molecule has 1 aliphatic heterocycles. The number of hydrogen-bond acceptors (Lipinski definition) is 2. The number of hydrogen-bond donors (Lipinski definition) is 0. The van der Waals surface area contributed by atoms with Gasteiger partial charge in [-0.15, -0.1) is 0 Å². The van der Waals surface area contributed by atoms with Crippen LogP contribution in [-0.4, -0.2) is 25.8 Å². The highest BCUT2D eigenvalue weighted by atomic mass is 79.9. The number of nitrogens with zero attached hydrogens (tertiary/aromatic N) is 1. The van der Waals surface area contributed by atoms with Gasteiger partial charge in [-0.2, -0.15) is 4.31 Å². The van der Waals surface area contributed by atoms with E-state index in [4.69, 9.17) is 0 Å². The minimum Gasteiger partial charge on any atom is -0.207 e. The summed E-state index contributed by atoms with van der Waals surface area (Å²) in [5, 5.41) is 0.743. The Morgan fingerprint density at radius 1 is 1.32 bits per heavy atom. The monoisotopic (exact) mass is 345 g/mol. The molecule has 0 N–H and O–H groups in total. The molecule has 0 amide bonds. The topological polar surface area (TPSA) is 37.4 Å². The van der Waals surface area contributed by atoms with Crippen molar-refractivity contribution in [1.82, 2.24) is 4.31 Å². The van der Waals surface area contributed by atoms with Crippen LogP contribution >= 0.6 is 15.9 Å². The third-order valence-corrected chi connectivity index (χ3v) is 6.37. The quantitative estimate of drug-likeness (QED) is 0.785. The number of alkyl halides is 1. The number of halogens is 1. The largest absolute Gasteiger partial charge is 0.243 e. The van der Waals surface area contributed by atoms with Crippen LogP contribution in [0, 0.1) is 11.8 Å². The zero-order valence-corrected chi connectivity index (χ0v) is 13.7. The molecule has 0 spiro atoms. The molecule has 0 aliphatic carbocycles. The Kier molecular flexibility index (Phi) is 4.69. The summed E-state index contributed by atoms with van der Waals surface area (Å²) in [6.45, 7) is 5.61. The first-order valence-electron chi connectivity index (χ1n) is 6.60. The predicted octanol–water partition coefficient (Wildman–Crippen LogP) is 3.25. The van der Waals surface area contributed by atoms with Gasteiger partial charge in [0, 0.05) is 18.4 Å². The SMILES string of the molecule is CC(C)C1CCN(S(=O)(=O)c2ccc(CBr)cc2)C1. The van der Waals surface area contributed by atoms with Crippen LogP contribution in [0.1, 0.15) is 25.8 Å². The number of benzene rings is 1. The molecule has 1 unspecified atom stereocenters. The predicted molar refractivity (Wildman–Crippen MR) is 80.8 cm³/mol. The summed E-state index contributed by atoms with van der Waals surface area (Å²) < 4.78 is 26.7. The molecule has 0 aromatic heterocycles. The van der Waals surface area contributed by atoms with E-state index in [2.05, 4.69) is 29.8 Å². The highest BCUT2D eigenvalue weighted by molar-refractivity contribution is 9.08. The zero-order valence-electron chi connectivity index (χ0n) is 11.3. The van der Waals surface area contributed by atoms with E-state index in [1.807, 2.05) is 12.1 Å². The van der Waals surface area contributed by atoms with Gasteiger partial charge in [0.15, 0.2) is 0 Å². The van der Waals surface area contributed by atoms with Crippen LogP contribution < -0.4 is 0 Å². The second-order valence-corrected chi connectivity index (χ2v) is 7.93. The maximum absolute atomic E-state index is 12.5. The van der Waals surface area contributed by atoms with Crippen LogP contribution in [0.3, 0.4) is 0 Å². The lowest BCUT2D eigenvalue weighted by atomic mass is 9.96. The van der Waals surface area contributed by atoms with E-state index < -0.39 is 10.0 Å². The fourth-order valence-corrected chi connectivity index (χ4v) is 4.30. The Morgan fingerprint density at radius 3 is 2.42 bits per heavy atom. The summed E-state index contributed by atoms with van der Waals surface area (Å²) >= 11 is 3.36. The summed E-state index contributed by atoms with van der Waals surface area (Å²) in [6.07, 6.45) is 0.969. The summed E-state index contributed by atoms with van der Waals surface area (Å²) in [5.74, 6) is 1.02. The zero-order chi connectivity index (χ0) is 14.0. The molecule has 1 saturated heterocycles. The second-order valence-electron chi connectivity index (χ2n) is 5.43. The van der Waals surface area contributed by atoms with E-state index >= 15 is 0 Å². The highest BCUT2D eigenvalue weighted by Gasteiger charge is 2.33. The van der Waals surface area contributed by atoms with Gasteiger partial charge < -0.3 is 0 Å². The fraction of sp³-hybridized carbons (Fsp3) is 0.571. The summed E-state index contributed by atoms with van der Waals surface area (Å²) in [5.41, 5.74) is 1.08. The van der Waals surface area contributed by atoms with E-state index in [1.165, 1.54) is 0 Å². The van der Waals surface area contributed by atoms with Gasteiger partial charge >= 0.3 is 0 Å². The summed E-state index contributed by atoms with van der Waals surface area (Å²) in [4.78, 5) is 0.404. The van der Waals surface area contributed by atoms with Crippen molar-refractivity contribution in [2.24, 2.45) is 11.8 Å². The minimum absolute atomic E-state index is 0.404. The van der Waals surface area contributed by atoms with Crippen molar-refractivity contribution in [3.05, 3.63) is 29.8 Å². The third kappa shape index (κ3) is 3.20. The van der Waals surface area contributed by atoms with Crippen LogP contribution in [0.15, 0.2) is 29.2 Å². The molecule has 1 heterocycles. The molecule has 0 radical (unpaired) electrons. The maximum Gasteiger partial charge on any atom is 0.243 e. The summed E-state index contributed by atoms with van der Waals surface area (Å²) in [7, 11) is -3.31. The maximum atomic E-state index is 12.5. The lowest BCUT2D eigenvalue weighted by Gasteiger charge is -2.18. The third-order valence-electron chi connectivity index (χ3n) is 3.85. The minimum atomic E-state index is -3.31. The smallest absolute Gasteiger partial charge is 0.207 e. The molecule has 0 saturated carbocycles. The Hall–Kier alpha value is -0.390. The Labute approximate surface area is 124 Å². The molecular formula is C14H20BrNO2S. The molecule has 1 aromatic carbocycles. The van der Waals surface area contributed by atoms with Gasteiger partial charge in [0.2, 0.25) is 10.0 Å². The molecule has 1 atom stereocenters. The first kappa shape index (κ1) is 15.0. The Morgan fingerprint density at radius 2 is 1.95 bits per heavy atom. The van der Waals surface area contributed by atoms with Crippen molar-refractivity contribution >= 4 is 26.0 Å². The van der Waals surface area contributed by atoms with Crippen LogP contribution in [0.4, 0.5) is 0 Å². The van der Waals surface area contributed by atoms with Crippen molar-refractivity contribution in [1.29, 1.82) is 0 Å². The molecule has 0 bridgehead atoms. The van der Waals surface area contributed by atoms with Gasteiger partial charge in [-0.1, -0.05) is 41.9 Å². The molecular weight excluding hydrogens is 326 g/mol. The molecule has 1 aromatic rings. The van der Waals surface area contributed by atoms with Crippen LogP contribution in [0.2, 0.25) is 0 Å². The molecule has 1 aliphatic rings.